The summed E-state index contributed by atoms with van der Waals surface area (Å²) in [4.78, 5) is 13.8. The smallest absolute Gasteiger partial charge is 0.223 e. The van der Waals surface area contributed by atoms with Crippen LogP contribution in [0.1, 0.15) is 18.1 Å². The van der Waals surface area contributed by atoms with Crippen LogP contribution in [0.25, 0.3) is 10.9 Å². The highest BCUT2D eigenvalue weighted by Gasteiger charge is 2.18. The molecule has 1 aliphatic heterocycles. The average Bonchev–Trinajstić information content (AvgIpc) is 2.88. The fourth-order valence-electron chi connectivity index (χ4n) is 3.29. The van der Waals surface area contributed by atoms with Gasteiger partial charge in [-0.05, 0) is 30.7 Å². The third kappa shape index (κ3) is 3.84. The zero-order valence-corrected chi connectivity index (χ0v) is 16.8. The molecule has 0 atom stereocenters. The second-order valence-electron chi connectivity index (χ2n) is 6.48. The van der Waals surface area contributed by atoms with E-state index in [1.165, 1.54) is 0 Å². The minimum atomic E-state index is 0.611. The van der Waals surface area contributed by atoms with Crippen LogP contribution in [0.3, 0.4) is 0 Å². The van der Waals surface area contributed by atoms with Gasteiger partial charge in [-0.3, -0.25) is 4.90 Å². The summed E-state index contributed by atoms with van der Waals surface area (Å²) in [5, 5.41) is 5.70. The maximum absolute atomic E-state index is 6.38. The topological polar surface area (TPSA) is 58.3 Å². The van der Waals surface area contributed by atoms with Crippen molar-refractivity contribution in [3.05, 3.63) is 45.5 Å². The molecule has 1 saturated heterocycles. The molecule has 3 heterocycles. The van der Waals surface area contributed by atoms with Gasteiger partial charge in [-0.15, -0.1) is 0 Å². The van der Waals surface area contributed by atoms with Crippen molar-refractivity contribution in [2.75, 3.05) is 31.1 Å². The number of pyridine rings is 1. The van der Waals surface area contributed by atoms with Crippen LogP contribution in [0.2, 0.25) is 5.02 Å². The minimum absolute atomic E-state index is 0.611. The van der Waals surface area contributed by atoms with Crippen molar-refractivity contribution < 1.29 is 4.52 Å². The lowest BCUT2D eigenvalue weighted by molar-refractivity contribution is 0.272. The van der Waals surface area contributed by atoms with Gasteiger partial charge in [0.25, 0.3) is 0 Å². The van der Waals surface area contributed by atoms with Gasteiger partial charge < -0.3 is 9.42 Å². The number of hydrogen-bond donors (Lipinski definition) is 0. The van der Waals surface area contributed by atoms with Crippen molar-refractivity contribution in [3.63, 3.8) is 0 Å². The quantitative estimate of drug-likeness (QED) is 0.617. The van der Waals surface area contributed by atoms with Gasteiger partial charge in [0.1, 0.15) is 5.82 Å². The fraction of sp³-hybridized carbons (Fsp3) is 0.389. The van der Waals surface area contributed by atoms with E-state index >= 15 is 0 Å². The molecular weight excluding hydrogens is 418 g/mol. The van der Waals surface area contributed by atoms with Crippen LogP contribution in [-0.2, 0) is 6.54 Å². The summed E-state index contributed by atoms with van der Waals surface area (Å²) in [7, 11) is 0. The largest absolute Gasteiger partial charge is 0.355 e. The van der Waals surface area contributed by atoms with Crippen LogP contribution in [0, 0.1) is 6.92 Å². The number of fused-ring (bicyclic) bond motifs is 1. The Labute approximate surface area is 165 Å². The third-order valence-corrected chi connectivity index (χ3v) is 5.29. The van der Waals surface area contributed by atoms with Crippen LogP contribution in [0.5, 0.6) is 0 Å². The molecule has 26 heavy (non-hydrogen) atoms. The molecule has 0 spiro atoms. The summed E-state index contributed by atoms with van der Waals surface area (Å²) in [6, 6.07) is 8.08. The van der Waals surface area contributed by atoms with Gasteiger partial charge in [0.15, 0.2) is 5.82 Å². The maximum Gasteiger partial charge on any atom is 0.223 e. The number of benzene rings is 1. The van der Waals surface area contributed by atoms with Gasteiger partial charge >= 0.3 is 0 Å². The zero-order chi connectivity index (χ0) is 18.1. The summed E-state index contributed by atoms with van der Waals surface area (Å²) < 4.78 is 6.03. The molecular formula is C18H19BrClN5O. The van der Waals surface area contributed by atoms with Crippen LogP contribution in [-0.4, -0.2) is 46.2 Å². The zero-order valence-electron chi connectivity index (χ0n) is 14.5. The van der Waals surface area contributed by atoms with Gasteiger partial charge in [-0.25, -0.2) is 4.98 Å². The Kier molecular flexibility index (Phi) is 5.11. The molecule has 2 aromatic heterocycles. The molecule has 4 rings (SSSR count). The van der Waals surface area contributed by atoms with Crippen LogP contribution in [0.4, 0.5) is 5.82 Å². The predicted octanol–water partition coefficient (Wildman–Crippen LogP) is 4.05. The Morgan fingerprint density at radius 2 is 2.04 bits per heavy atom. The molecule has 1 fully saturated rings. The van der Waals surface area contributed by atoms with Crippen LogP contribution < -0.4 is 4.90 Å². The van der Waals surface area contributed by atoms with E-state index in [9.17, 15) is 0 Å². The molecule has 3 aromatic rings. The number of halogens is 2. The highest BCUT2D eigenvalue weighted by atomic mass is 79.9. The highest BCUT2D eigenvalue weighted by Crippen LogP contribution is 2.29. The molecule has 8 heteroatoms. The van der Waals surface area contributed by atoms with Gasteiger partial charge in [0.05, 0.1) is 17.1 Å². The fourth-order valence-corrected chi connectivity index (χ4v) is 4.16. The Hall–Kier alpha value is -1.70. The molecule has 1 aliphatic rings. The first-order valence-electron chi connectivity index (χ1n) is 8.61. The Balaban J connectivity index is 1.49. The standard InChI is InChI=1S/C18H19BrClN5O/c1-12-21-16(23-26-12)11-24-5-2-6-25(8-7-24)17-4-3-13-9-14(19)10-15(20)18(13)22-17/h3-4,9-10H,2,5-8,11H2,1H3. The van der Waals surface area contributed by atoms with Gasteiger partial charge in [-0.2, -0.15) is 4.98 Å². The lowest BCUT2D eigenvalue weighted by atomic mass is 10.2. The number of nitrogens with zero attached hydrogens (tertiary/aromatic N) is 5. The van der Waals surface area contributed by atoms with E-state index in [0.717, 1.165) is 66.2 Å². The van der Waals surface area contributed by atoms with Crippen LogP contribution in [0.15, 0.2) is 33.3 Å². The third-order valence-electron chi connectivity index (χ3n) is 4.54. The highest BCUT2D eigenvalue weighted by molar-refractivity contribution is 9.10. The van der Waals surface area contributed by atoms with E-state index in [1.54, 1.807) is 0 Å². The molecule has 0 amide bonds. The molecule has 0 N–H and O–H groups in total. The predicted molar refractivity (Wildman–Crippen MR) is 106 cm³/mol. The first-order chi connectivity index (χ1) is 12.6. The summed E-state index contributed by atoms with van der Waals surface area (Å²) in [6.45, 7) is 6.34. The normalized spacial score (nSPS) is 16.2. The van der Waals surface area contributed by atoms with Crippen molar-refractivity contribution in [1.29, 1.82) is 0 Å². The van der Waals surface area contributed by atoms with E-state index in [2.05, 4.69) is 48.0 Å². The van der Waals surface area contributed by atoms with Gasteiger partial charge in [0, 0.05) is 43.0 Å². The number of aryl methyl sites for hydroxylation is 1. The second-order valence-corrected chi connectivity index (χ2v) is 7.80. The Bertz CT molecular complexity index is 931. The minimum Gasteiger partial charge on any atom is -0.355 e. The van der Waals surface area contributed by atoms with Crippen LogP contribution >= 0.6 is 27.5 Å². The first kappa shape index (κ1) is 17.7. The summed E-state index contributed by atoms with van der Waals surface area (Å²) in [5.74, 6) is 2.33. The second kappa shape index (κ2) is 7.50. The van der Waals surface area contributed by atoms with E-state index < -0.39 is 0 Å². The number of rotatable bonds is 3. The molecule has 0 saturated carbocycles. The molecule has 0 unspecified atom stereocenters. The SMILES string of the molecule is Cc1nc(CN2CCCN(c3ccc4cc(Br)cc(Cl)c4n3)CC2)no1. The molecule has 0 bridgehead atoms. The molecule has 0 radical (unpaired) electrons. The van der Waals surface area contributed by atoms with Gasteiger partial charge in [0.2, 0.25) is 5.89 Å². The summed E-state index contributed by atoms with van der Waals surface area (Å²) >= 11 is 9.86. The monoisotopic (exact) mass is 435 g/mol. The first-order valence-corrected chi connectivity index (χ1v) is 9.78. The van der Waals surface area contributed by atoms with E-state index in [1.807, 2.05) is 19.1 Å². The molecule has 6 nitrogen and oxygen atoms in total. The number of aromatic nitrogens is 3. The summed E-state index contributed by atoms with van der Waals surface area (Å²) in [6.07, 6.45) is 1.06. The molecule has 136 valence electrons. The van der Waals surface area contributed by atoms with Crippen molar-refractivity contribution in [1.82, 2.24) is 20.0 Å². The van der Waals surface area contributed by atoms with Crippen molar-refractivity contribution in [3.8, 4) is 0 Å². The van der Waals surface area contributed by atoms with E-state index in [-0.39, 0.29) is 0 Å². The van der Waals surface area contributed by atoms with E-state index in [0.29, 0.717) is 10.9 Å². The molecule has 0 aliphatic carbocycles. The summed E-state index contributed by atoms with van der Waals surface area (Å²) in [5.41, 5.74) is 0.843. The lowest BCUT2D eigenvalue weighted by Crippen LogP contribution is -2.31. The molecule has 1 aromatic carbocycles. The average molecular weight is 437 g/mol. The van der Waals surface area contributed by atoms with Crippen molar-refractivity contribution in [2.24, 2.45) is 0 Å². The Morgan fingerprint density at radius 1 is 1.15 bits per heavy atom. The van der Waals surface area contributed by atoms with Crippen molar-refractivity contribution in [2.45, 2.75) is 19.9 Å². The number of anilines is 1. The number of hydrogen-bond acceptors (Lipinski definition) is 6. The lowest BCUT2D eigenvalue weighted by Gasteiger charge is -2.22. The Morgan fingerprint density at radius 3 is 2.85 bits per heavy atom. The maximum atomic E-state index is 6.38. The van der Waals surface area contributed by atoms with Gasteiger partial charge in [-0.1, -0.05) is 32.7 Å². The van der Waals surface area contributed by atoms with Crippen molar-refractivity contribution >= 4 is 44.3 Å². The van der Waals surface area contributed by atoms with E-state index in [4.69, 9.17) is 21.1 Å².